The Hall–Kier alpha value is -3.12. The molecule has 6 nitrogen and oxygen atoms in total. The minimum Gasteiger partial charge on any atom is -0.492 e. The van der Waals surface area contributed by atoms with Crippen LogP contribution in [-0.4, -0.2) is 29.3 Å². The van der Waals surface area contributed by atoms with Gasteiger partial charge in [0.05, 0.1) is 12.2 Å². The van der Waals surface area contributed by atoms with Crippen LogP contribution in [0.25, 0.3) is 11.1 Å². The number of amides is 1. The smallest absolute Gasteiger partial charge is 0.252 e. The van der Waals surface area contributed by atoms with Crippen molar-refractivity contribution in [2.24, 2.45) is 5.73 Å². The summed E-state index contributed by atoms with van der Waals surface area (Å²) in [5, 5.41) is 9.87. The van der Waals surface area contributed by atoms with E-state index in [9.17, 15) is 4.79 Å². The summed E-state index contributed by atoms with van der Waals surface area (Å²) in [6.45, 7) is 4.73. The number of benzene rings is 2. The van der Waals surface area contributed by atoms with Crippen LogP contribution in [0.3, 0.4) is 0 Å². The van der Waals surface area contributed by atoms with E-state index in [2.05, 4.69) is 21.6 Å². The number of H-pyrrole nitrogens is 1. The second-order valence-corrected chi connectivity index (χ2v) is 6.42. The molecule has 0 saturated heterocycles. The van der Waals surface area contributed by atoms with Gasteiger partial charge in [-0.15, -0.1) is 0 Å². The Kier molecular flexibility index (Phi) is 5.88. The summed E-state index contributed by atoms with van der Waals surface area (Å²) in [5.74, 6) is 0.512. The fourth-order valence-electron chi connectivity index (χ4n) is 2.87. The highest BCUT2D eigenvalue weighted by Crippen LogP contribution is 2.23. The molecule has 1 amide bonds. The molecule has 0 spiro atoms. The lowest BCUT2D eigenvalue weighted by Crippen LogP contribution is -2.27. The van der Waals surface area contributed by atoms with Gasteiger partial charge in [-0.05, 0) is 48.7 Å². The Morgan fingerprint density at radius 3 is 2.85 bits per heavy atom. The summed E-state index contributed by atoms with van der Waals surface area (Å²) in [6.07, 6.45) is 3.62. The van der Waals surface area contributed by atoms with Crippen molar-refractivity contribution in [3.8, 4) is 16.9 Å². The van der Waals surface area contributed by atoms with Gasteiger partial charge in [-0.2, -0.15) is 5.10 Å². The molecular formula is C21H24N4O2. The number of aromatic nitrogens is 2. The lowest BCUT2D eigenvalue weighted by atomic mass is 10.0. The van der Waals surface area contributed by atoms with Gasteiger partial charge >= 0.3 is 0 Å². The average molecular weight is 364 g/mol. The van der Waals surface area contributed by atoms with Gasteiger partial charge in [-0.25, -0.2) is 0 Å². The highest BCUT2D eigenvalue weighted by atomic mass is 16.5. The maximum Gasteiger partial charge on any atom is 0.252 e. The third-order valence-corrected chi connectivity index (χ3v) is 4.41. The van der Waals surface area contributed by atoms with E-state index < -0.39 is 0 Å². The van der Waals surface area contributed by atoms with Crippen molar-refractivity contribution in [2.45, 2.75) is 19.9 Å². The van der Waals surface area contributed by atoms with Crippen LogP contribution < -0.4 is 15.8 Å². The molecule has 0 fully saturated rings. The molecule has 4 N–H and O–H groups in total. The summed E-state index contributed by atoms with van der Waals surface area (Å²) < 4.78 is 5.53. The van der Waals surface area contributed by atoms with E-state index in [4.69, 9.17) is 10.5 Å². The van der Waals surface area contributed by atoms with E-state index in [1.54, 1.807) is 12.3 Å². The Labute approximate surface area is 158 Å². The highest BCUT2D eigenvalue weighted by Gasteiger charge is 2.15. The molecule has 3 rings (SSSR count). The summed E-state index contributed by atoms with van der Waals surface area (Å²) in [7, 11) is 0. The quantitative estimate of drug-likeness (QED) is 0.600. The van der Waals surface area contributed by atoms with E-state index in [1.165, 1.54) is 0 Å². The van der Waals surface area contributed by atoms with Gasteiger partial charge in [-0.1, -0.05) is 24.3 Å². The molecule has 0 unspecified atom stereocenters. The van der Waals surface area contributed by atoms with E-state index >= 15 is 0 Å². The number of hydrogen-bond acceptors (Lipinski definition) is 4. The number of carbonyl (C=O) groups is 1. The van der Waals surface area contributed by atoms with Crippen LogP contribution in [0, 0.1) is 6.92 Å². The number of hydrogen-bond donors (Lipinski definition) is 3. The van der Waals surface area contributed by atoms with Crippen LogP contribution in [-0.2, 0) is 0 Å². The van der Waals surface area contributed by atoms with Crippen molar-refractivity contribution in [2.75, 3.05) is 13.2 Å². The van der Waals surface area contributed by atoms with E-state index in [1.807, 2.05) is 50.4 Å². The van der Waals surface area contributed by atoms with Crippen molar-refractivity contribution in [3.05, 3.63) is 71.5 Å². The first kappa shape index (κ1) is 18.7. The zero-order valence-electron chi connectivity index (χ0n) is 15.5. The van der Waals surface area contributed by atoms with Crippen LogP contribution in [0.2, 0.25) is 0 Å². The summed E-state index contributed by atoms with van der Waals surface area (Å²) in [4.78, 5) is 12.8. The second-order valence-electron chi connectivity index (χ2n) is 6.42. The van der Waals surface area contributed by atoms with Crippen LogP contribution in [0.4, 0.5) is 0 Å². The fraction of sp³-hybridized carbons (Fsp3) is 0.238. The number of rotatable bonds is 7. The Balaban J connectivity index is 1.75. The first-order valence-electron chi connectivity index (χ1n) is 8.92. The molecule has 27 heavy (non-hydrogen) atoms. The van der Waals surface area contributed by atoms with Crippen LogP contribution in [0.1, 0.15) is 34.5 Å². The average Bonchev–Trinajstić information content (AvgIpc) is 3.22. The number of nitrogens with two attached hydrogens (primary N) is 1. The highest BCUT2D eigenvalue weighted by molar-refractivity contribution is 5.96. The maximum absolute atomic E-state index is 12.8. The summed E-state index contributed by atoms with van der Waals surface area (Å²) >= 11 is 0. The predicted molar refractivity (Wildman–Crippen MR) is 106 cm³/mol. The van der Waals surface area contributed by atoms with Crippen molar-refractivity contribution in [3.63, 3.8) is 0 Å². The maximum atomic E-state index is 12.8. The first-order valence-corrected chi connectivity index (χ1v) is 8.92. The monoisotopic (exact) mass is 364 g/mol. The molecule has 140 valence electrons. The molecular weight excluding hydrogens is 340 g/mol. The zero-order valence-corrected chi connectivity index (χ0v) is 15.5. The number of nitrogens with zero attached hydrogens (tertiary/aromatic N) is 1. The van der Waals surface area contributed by atoms with Crippen molar-refractivity contribution >= 4 is 5.91 Å². The number of nitrogens with one attached hydrogen (secondary N) is 2. The second kappa shape index (κ2) is 8.51. The Morgan fingerprint density at radius 2 is 2.11 bits per heavy atom. The number of aromatic amines is 1. The first-order chi connectivity index (χ1) is 13.1. The largest absolute Gasteiger partial charge is 0.492 e. The number of aryl methyl sites for hydroxylation is 1. The number of ether oxygens (including phenoxy) is 1. The van der Waals surface area contributed by atoms with Crippen LogP contribution in [0.15, 0.2) is 54.9 Å². The van der Waals surface area contributed by atoms with Gasteiger partial charge in [0.2, 0.25) is 0 Å². The molecule has 0 radical (unpaired) electrons. The van der Waals surface area contributed by atoms with Gasteiger partial charge in [-0.3, -0.25) is 9.89 Å². The third-order valence-electron chi connectivity index (χ3n) is 4.41. The Bertz CT molecular complexity index is 906. The minimum absolute atomic E-state index is 0.132. The molecule has 1 atom stereocenters. The van der Waals surface area contributed by atoms with Gasteiger partial charge in [0.1, 0.15) is 12.4 Å². The van der Waals surface area contributed by atoms with Crippen molar-refractivity contribution in [1.82, 2.24) is 15.5 Å². The zero-order chi connectivity index (χ0) is 19.2. The molecule has 0 aliphatic rings. The molecule has 0 bridgehead atoms. The molecule has 2 aromatic carbocycles. The standard InChI is InChI=1S/C21H24N4O2/c1-14-6-7-19(27-9-8-22)11-20(14)21(26)25-15(2)16-4-3-5-17(10-16)18-12-23-24-13-18/h3-7,10-13,15H,8-9,22H2,1-2H3,(H,23,24)(H,25,26)/t15-/m1/s1. The number of carbonyl (C=O) groups excluding carboxylic acids is 1. The molecule has 3 aromatic rings. The predicted octanol–water partition coefficient (Wildman–Crippen LogP) is 3.21. The third kappa shape index (κ3) is 4.54. The molecule has 0 aliphatic heterocycles. The van der Waals surface area contributed by atoms with E-state index in [0.717, 1.165) is 22.3 Å². The van der Waals surface area contributed by atoms with Gasteiger partial charge < -0.3 is 15.8 Å². The lowest BCUT2D eigenvalue weighted by Gasteiger charge is -2.17. The summed E-state index contributed by atoms with van der Waals surface area (Å²) in [5.41, 5.74) is 10.1. The topological polar surface area (TPSA) is 93.0 Å². The van der Waals surface area contributed by atoms with Crippen LogP contribution in [0.5, 0.6) is 5.75 Å². The van der Waals surface area contributed by atoms with Gasteiger partial charge in [0.25, 0.3) is 5.91 Å². The molecule has 1 heterocycles. The summed E-state index contributed by atoms with van der Waals surface area (Å²) in [6, 6.07) is 13.4. The molecule has 1 aromatic heterocycles. The fourth-order valence-corrected chi connectivity index (χ4v) is 2.87. The lowest BCUT2D eigenvalue weighted by molar-refractivity contribution is 0.0939. The Morgan fingerprint density at radius 1 is 1.26 bits per heavy atom. The van der Waals surface area contributed by atoms with Gasteiger partial charge in [0, 0.05) is 23.9 Å². The van der Waals surface area contributed by atoms with Crippen molar-refractivity contribution in [1.29, 1.82) is 0 Å². The normalized spacial score (nSPS) is 11.8. The minimum atomic E-state index is -0.141. The van der Waals surface area contributed by atoms with Crippen molar-refractivity contribution < 1.29 is 9.53 Å². The molecule has 0 aliphatic carbocycles. The van der Waals surface area contributed by atoms with Crippen LogP contribution >= 0.6 is 0 Å². The molecule has 0 saturated carbocycles. The molecule has 6 heteroatoms. The SMILES string of the molecule is Cc1ccc(OCCN)cc1C(=O)N[C@H](C)c1cccc(-c2cn[nH]c2)c1. The van der Waals surface area contributed by atoms with Gasteiger partial charge in [0.15, 0.2) is 0 Å². The van der Waals surface area contributed by atoms with E-state index in [0.29, 0.717) is 24.5 Å². The van der Waals surface area contributed by atoms with E-state index in [-0.39, 0.29) is 11.9 Å².